The van der Waals surface area contributed by atoms with Crippen molar-refractivity contribution in [1.82, 2.24) is 4.81 Å². The van der Waals surface area contributed by atoms with Gasteiger partial charge in [-0.05, 0) is 31.8 Å². The van der Waals surface area contributed by atoms with Gasteiger partial charge in [-0.25, -0.2) is 0 Å². The van der Waals surface area contributed by atoms with Crippen LogP contribution in [0, 0.1) is 5.92 Å². The number of hydrogen-bond donors (Lipinski definition) is 1. The molecule has 1 saturated heterocycles. The van der Waals surface area contributed by atoms with Crippen LogP contribution >= 0.6 is 0 Å². The van der Waals surface area contributed by atoms with Gasteiger partial charge in [-0.2, -0.15) is 0 Å². The molecule has 11 heavy (non-hydrogen) atoms. The van der Waals surface area contributed by atoms with E-state index in [-0.39, 0.29) is 0 Å². The molecule has 0 aromatic heterocycles. The average Bonchev–Trinajstić information content (AvgIpc) is 2.07. The largest absolute Gasteiger partial charge is 0.427 e. The smallest absolute Gasteiger partial charge is 0.363 e. The van der Waals surface area contributed by atoms with Gasteiger partial charge in [0.15, 0.2) is 0 Å². The molecular weight excluding hydrogens is 141 g/mol. The fourth-order valence-corrected chi connectivity index (χ4v) is 1.48. The van der Waals surface area contributed by atoms with E-state index in [9.17, 15) is 0 Å². The molecule has 64 valence electrons. The van der Waals surface area contributed by atoms with Crippen LogP contribution in [-0.2, 0) is 4.65 Å². The van der Waals surface area contributed by atoms with Crippen molar-refractivity contribution in [1.29, 1.82) is 0 Å². The lowest BCUT2D eigenvalue weighted by molar-refractivity contribution is 0.163. The summed E-state index contributed by atoms with van der Waals surface area (Å²) in [5.74, 6) is 0.531. The number of aliphatic hydroxyl groups is 1. The first-order valence-electron chi connectivity index (χ1n) is 4.19. The molecule has 4 heteroatoms. The summed E-state index contributed by atoms with van der Waals surface area (Å²) in [7, 11) is 2.45. The van der Waals surface area contributed by atoms with Gasteiger partial charge in [-0.3, -0.25) is 0 Å². The van der Waals surface area contributed by atoms with E-state index >= 15 is 0 Å². The van der Waals surface area contributed by atoms with Crippen molar-refractivity contribution < 1.29 is 9.76 Å². The molecular formula is C7H16BNO2. The molecule has 0 saturated carbocycles. The Bertz CT molecular complexity index is 105. The number of aliphatic hydroxyl groups excluding tert-OH is 1. The van der Waals surface area contributed by atoms with Crippen molar-refractivity contribution in [3.8, 4) is 0 Å². The maximum absolute atomic E-state index is 8.86. The molecule has 0 amide bonds. The first-order valence-corrected chi connectivity index (χ1v) is 4.19. The summed E-state index contributed by atoms with van der Waals surface area (Å²) < 4.78 is 5.01. The summed E-state index contributed by atoms with van der Waals surface area (Å²) in [4.78, 5) is 2.27. The van der Waals surface area contributed by atoms with Gasteiger partial charge >= 0.3 is 7.62 Å². The summed E-state index contributed by atoms with van der Waals surface area (Å²) >= 11 is 0. The second-order valence-corrected chi connectivity index (χ2v) is 3.16. The maximum Gasteiger partial charge on any atom is 0.363 e. The highest BCUT2D eigenvalue weighted by Gasteiger charge is 2.18. The van der Waals surface area contributed by atoms with E-state index in [2.05, 4.69) is 4.81 Å². The van der Waals surface area contributed by atoms with Crippen LogP contribution in [0.2, 0.25) is 0 Å². The minimum absolute atomic E-state index is 0.348. The Morgan fingerprint density at radius 3 is 2.64 bits per heavy atom. The van der Waals surface area contributed by atoms with Crippen molar-refractivity contribution in [3.63, 3.8) is 0 Å². The number of piperidine rings is 1. The van der Waals surface area contributed by atoms with Gasteiger partial charge in [-0.1, -0.05) is 0 Å². The first-order chi connectivity index (χ1) is 5.36. The van der Waals surface area contributed by atoms with E-state index in [4.69, 9.17) is 9.76 Å². The van der Waals surface area contributed by atoms with E-state index in [0.717, 1.165) is 33.5 Å². The SMILES string of the molecule is COBN1CCC(CO)CC1. The van der Waals surface area contributed by atoms with Crippen LogP contribution in [0.15, 0.2) is 0 Å². The highest BCUT2D eigenvalue weighted by atomic mass is 16.4. The molecule has 3 nitrogen and oxygen atoms in total. The first kappa shape index (κ1) is 9.04. The third-order valence-corrected chi connectivity index (χ3v) is 2.28. The molecule has 1 aliphatic rings. The van der Waals surface area contributed by atoms with Gasteiger partial charge in [0.05, 0.1) is 0 Å². The van der Waals surface area contributed by atoms with Crippen molar-refractivity contribution in [2.45, 2.75) is 12.8 Å². The Morgan fingerprint density at radius 2 is 2.18 bits per heavy atom. The highest BCUT2D eigenvalue weighted by molar-refractivity contribution is 6.23. The minimum atomic E-state index is 0.348. The van der Waals surface area contributed by atoms with Gasteiger partial charge in [-0.15, -0.1) is 0 Å². The normalized spacial score (nSPS) is 22.0. The van der Waals surface area contributed by atoms with Crippen LogP contribution in [0.5, 0.6) is 0 Å². The molecule has 1 fully saturated rings. The monoisotopic (exact) mass is 157 g/mol. The average molecular weight is 157 g/mol. The van der Waals surface area contributed by atoms with Crippen LogP contribution in [0.1, 0.15) is 12.8 Å². The lowest BCUT2D eigenvalue weighted by Gasteiger charge is -2.29. The van der Waals surface area contributed by atoms with E-state index in [1.54, 1.807) is 7.11 Å². The molecule has 1 N–H and O–H groups in total. The van der Waals surface area contributed by atoms with Crippen LogP contribution < -0.4 is 0 Å². The number of nitrogens with zero attached hydrogens (tertiary/aromatic N) is 1. The van der Waals surface area contributed by atoms with Crippen molar-refractivity contribution >= 4 is 7.62 Å². The van der Waals surface area contributed by atoms with Crippen LogP contribution in [0.4, 0.5) is 0 Å². The number of hydrogen-bond acceptors (Lipinski definition) is 3. The standard InChI is InChI=1S/C7H16BNO2/c1-11-8-9-4-2-7(6-10)3-5-9/h7-8,10H,2-6H2,1H3. The Kier molecular flexibility index (Phi) is 3.90. The zero-order chi connectivity index (χ0) is 8.10. The zero-order valence-electron chi connectivity index (χ0n) is 7.12. The zero-order valence-corrected chi connectivity index (χ0v) is 7.12. The quantitative estimate of drug-likeness (QED) is 0.566. The topological polar surface area (TPSA) is 32.7 Å². The van der Waals surface area contributed by atoms with E-state index < -0.39 is 0 Å². The summed E-state index contributed by atoms with van der Waals surface area (Å²) in [6.07, 6.45) is 2.22. The summed E-state index contributed by atoms with van der Waals surface area (Å²) in [5.41, 5.74) is 0. The minimum Gasteiger partial charge on any atom is -0.427 e. The van der Waals surface area contributed by atoms with E-state index in [1.807, 2.05) is 0 Å². The molecule has 0 aliphatic carbocycles. The predicted molar refractivity (Wildman–Crippen MR) is 45.5 cm³/mol. The third-order valence-electron chi connectivity index (χ3n) is 2.28. The molecule has 0 aromatic carbocycles. The summed E-state index contributed by atoms with van der Waals surface area (Å²) in [6, 6.07) is 0. The predicted octanol–water partition coefficient (Wildman–Crippen LogP) is -0.396. The molecule has 1 rings (SSSR count). The maximum atomic E-state index is 8.86. The van der Waals surface area contributed by atoms with E-state index in [1.165, 1.54) is 0 Å². The summed E-state index contributed by atoms with van der Waals surface area (Å²) in [6.45, 7) is 2.49. The Hall–Kier alpha value is -0.0551. The third kappa shape index (κ3) is 2.81. The van der Waals surface area contributed by atoms with Gasteiger partial charge in [0.25, 0.3) is 0 Å². The van der Waals surface area contributed by atoms with Crippen molar-refractivity contribution in [3.05, 3.63) is 0 Å². The molecule has 0 bridgehead atoms. The Morgan fingerprint density at radius 1 is 1.55 bits per heavy atom. The van der Waals surface area contributed by atoms with Crippen molar-refractivity contribution in [2.24, 2.45) is 5.92 Å². The second-order valence-electron chi connectivity index (χ2n) is 3.16. The highest BCUT2D eigenvalue weighted by Crippen LogP contribution is 2.14. The van der Waals surface area contributed by atoms with Crippen LogP contribution in [0.3, 0.4) is 0 Å². The lowest BCUT2D eigenvalue weighted by Crippen LogP contribution is -2.38. The van der Waals surface area contributed by atoms with Gasteiger partial charge in [0.1, 0.15) is 0 Å². The van der Waals surface area contributed by atoms with Crippen LogP contribution in [-0.4, -0.2) is 44.3 Å². The molecule has 0 spiro atoms. The van der Waals surface area contributed by atoms with Gasteiger partial charge < -0.3 is 14.6 Å². The lowest BCUT2D eigenvalue weighted by atomic mass is 9.95. The van der Waals surface area contributed by atoms with Crippen LogP contribution in [0.25, 0.3) is 0 Å². The van der Waals surface area contributed by atoms with E-state index in [0.29, 0.717) is 12.5 Å². The fourth-order valence-electron chi connectivity index (χ4n) is 1.48. The molecule has 0 aromatic rings. The summed E-state index contributed by atoms with van der Waals surface area (Å²) in [5, 5.41) is 8.86. The second kappa shape index (κ2) is 4.75. The number of rotatable bonds is 3. The molecule has 0 radical (unpaired) electrons. The van der Waals surface area contributed by atoms with Crippen molar-refractivity contribution in [2.75, 3.05) is 26.8 Å². The van der Waals surface area contributed by atoms with Gasteiger partial charge in [0.2, 0.25) is 0 Å². The molecule has 1 heterocycles. The molecule has 0 unspecified atom stereocenters. The fraction of sp³-hybridized carbons (Fsp3) is 1.00. The Balaban J connectivity index is 2.14. The molecule has 0 atom stereocenters. The molecule has 1 aliphatic heterocycles. The van der Waals surface area contributed by atoms with Gasteiger partial charge in [0, 0.05) is 13.7 Å². The Labute approximate surface area is 68.6 Å².